The molecule has 0 radical (unpaired) electrons. The van der Waals surface area contributed by atoms with Crippen LogP contribution in [0.15, 0.2) is 91.9 Å². The molecule has 35 heavy (non-hydrogen) atoms. The zero-order valence-electron chi connectivity index (χ0n) is 19.0. The van der Waals surface area contributed by atoms with Crippen molar-refractivity contribution in [3.05, 3.63) is 115 Å². The molecule has 0 spiro atoms. The van der Waals surface area contributed by atoms with Gasteiger partial charge in [0, 0.05) is 66.5 Å². The molecule has 5 aromatic heterocycles. The monoisotopic (exact) mass is 457 g/mol. The highest BCUT2D eigenvalue weighted by atomic mass is 15.2. The summed E-state index contributed by atoms with van der Waals surface area (Å²) in [4.78, 5) is 19.5. The van der Waals surface area contributed by atoms with E-state index in [9.17, 15) is 0 Å². The lowest BCUT2D eigenvalue weighted by atomic mass is 9.97. The SMILES string of the molecule is c1ccc2cc([C@@H]3c4nc[nH]c4CCN3Cc3cnn4cc(-c5ccncc5)ccc34)ncc2c1. The summed E-state index contributed by atoms with van der Waals surface area (Å²) in [6.07, 6.45) is 12.4. The van der Waals surface area contributed by atoms with Gasteiger partial charge in [-0.05, 0) is 35.2 Å². The Morgan fingerprint density at radius 2 is 1.80 bits per heavy atom. The number of H-pyrrole nitrogens is 1. The minimum absolute atomic E-state index is 0.0133. The van der Waals surface area contributed by atoms with Gasteiger partial charge in [0.25, 0.3) is 0 Å². The smallest absolute Gasteiger partial charge is 0.0971 e. The van der Waals surface area contributed by atoms with Gasteiger partial charge in [-0.25, -0.2) is 9.50 Å². The van der Waals surface area contributed by atoms with Gasteiger partial charge in [0.2, 0.25) is 0 Å². The number of nitrogens with zero attached hydrogens (tertiary/aromatic N) is 6. The van der Waals surface area contributed by atoms with Crippen LogP contribution in [0.2, 0.25) is 0 Å². The molecule has 7 nitrogen and oxygen atoms in total. The number of benzene rings is 1. The predicted octanol–water partition coefficient (Wildman–Crippen LogP) is 4.82. The quantitative estimate of drug-likeness (QED) is 0.411. The van der Waals surface area contributed by atoms with Crippen molar-refractivity contribution in [3.63, 3.8) is 0 Å². The molecule has 0 saturated carbocycles. The first-order valence-corrected chi connectivity index (χ1v) is 11.8. The highest BCUT2D eigenvalue weighted by Gasteiger charge is 2.32. The number of rotatable bonds is 4. The third-order valence-corrected chi connectivity index (χ3v) is 6.94. The second kappa shape index (κ2) is 8.14. The lowest BCUT2D eigenvalue weighted by Gasteiger charge is -2.34. The molecule has 1 aliphatic rings. The third kappa shape index (κ3) is 3.48. The van der Waals surface area contributed by atoms with Gasteiger partial charge < -0.3 is 4.98 Å². The Hall–Kier alpha value is -4.36. The lowest BCUT2D eigenvalue weighted by molar-refractivity contribution is 0.198. The van der Waals surface area contributed by atoms with Crippen LogP contribution in [0.3, 0.4) is 0 Å². The summed E-state index contributed by atoms with van der Waals surface area (Å²) in [6, 6.07) is 18.9. The van der Waals surface area contributed by atoms with Crippen LogP contribution >= 0.6 is 0 Å². The van der Waals surface area contributed by atoms with Crippen LogP contribution in [-0.2, 0) is 13.0 Å². The van der Waals surface area contributed by atoms with Gasteiger partial charge in [0.05, 0.1) is 35.5 Å². The van der Waals surface area contributed by atoms with E-state index in [-0.39, 0.29) is 6.04 Å². The second-order valence-corrected chi connectivity index (χ2v) is 9.00. The topological polar surface area (TPSA) is 75.0 Å². The van der Waals surface area contributed by atoms with E-state index in [0.29, 0.717) is 0 Å². The maximum absolute atomic E-state index is 4.87. The first-order chi connectivity index (χ1) is 17.3. The average Bonchev–Trinajstić information content (AvgIpc) is 3.56. The zero-order valence-corrected chi connectivity index (χ0v) is 19.0. The van der Waals surface area contributed by atoms with Gasteiger partial charge >= 0.3 is 0 Å². The van der Waals surface area contributed by atoms with Crippen LogP contribution < -0.4 is 0 Å². The summed E-state index contributed by atoms with van der Waals surface area (Å²) in [5.41, 5.74) is 7.83. The summed E-state index contributed by atoms with van der Waals surface area (Å²) in [6.45, 7) is 1.68. The second-order valence-electron chi connectivity index (χ2n) is 9.00. The molecule has 0 fully saturated rings. The standard InChI is InChI=1S/C28H23N7/c1-2-4-21-14-30-25(13-20(21)3-1)28-27-24(31-18-32-27)9-12-34(28)16-23-15-33-35-17-22(5-6-26(23)35)19-7-10-29-11-8-19/h1-8,10-11,13-15,17-18,28H,9,12,16H2,(H,31,32)/t28-/m1/s1. The minimum atomic E-state index is -0.0133. The van der Waals surface area contributed by atoms with Crippen molar-refractivity contribution in [2.24, 2.45) is 0 Å². The summed E-state index contributed by atoms with van der Waals surface area (Å²) in [5.74, 6) is 0. The van der Waals surface area contributed by atoms with E-state index in [1.807, 2.05) is 47.5 Å². The van der Waals surface area contributed by atoms with Gasteiger partial charge in [0.1, 0.15) is 0 Å². The van der Waals surface area contributed by atoms with Gasteiger partial charge in [-0.1, -0.05) is 30.3 Å². The van der Waals surface area contributed by atoms with Crippen molar-refractivity contribution in [1.82, 2.24) is 34.4 Å². The molecule has 7 heteroatoms. The Labute approximate surface area is 202 Å². The van der Waals surface area contributed by atoms with Crippen LogP contribution in [0.25, 0.3) is 27.4 Å². The van der Waals surface area contributed by atoms with Crippen molar-refractivity contribution >= 4 is 16.3 Å². The Morgan fingerprint density at radius 3 is 2.71 bits per heavy atom. The molecule has 0 bridgehead atoms. The molecule has 0 saturated heterocycles. The molecule has 1 atom stereocenters. The summed E-state index contributed by atoms with van der Waals surface area (Å²) < 4.78 is 1.97. The van der Waals surface area contributed by atoms with E-state index in [4.69, 9.17) is 9.97 Å². The van der Waals surface area contributed by atoms with Crippen molar-refractivity contribution in [3.8, 4) is 11.1 Å². The highest BCUT2D eigenvalue weighted by molar-refractivity contribution is 5.82. The Morgan fingerprint density at radius 1 is 0.914 bits per heavy atom. The largest absolute Gasteiger partial charge is 0.348 e. The third-order valence-electron chi connectivity index (χ3n) is 6.94. The number of pyridine rings is 3. The number of nitrogens with one attached hydrogen (secondary N) is 1. The molecular formula is C28H23N7. The van der Waals surface area contributed by atoms with Crippen molar-refractivity contribution in [2.75, 3.05) is 6.54 Å². The molecule has 1 N–H and O–H groups in total. The van der Waals surface area contributed by atoms with E-state index in [2.05, 4.69) is 62.6 Å². The van der Waals surface area contributed by atoms with Gasteiger partial charge in [-0.3, -0.25) is 14.9 Å². The normalized spacial score (nSPS) is 16.1. The Bertz CT molecular complexity index is 1650. The Kier molecular flexibility index (Phi) is 4.67. The summed E-state index contributed by atoms with van der Waals surface area (Å²) in [5, 5.41) is 7.02. The molecule has 1 aliphatic heterocycles. The molecule has 0 aliphatic carbocycles. The maximum Gasteiger partial charge on any atom is 0.0971 e. The number of aromatic nitrogens is 6. The molecule has 6 aromatic rings. The molecule has 6 heterocycles. The minimum Gasteiger partial charge on any atom is -0.348 e. The van der Waals surface area contributed by atoms with E-state index in [1.54, 1.807) is 6.33 Å². The number of hydrogen-bond acceptors (Lipinski definition) is 5. The first-order valence-electron chi connectivity index (χ1n) is 11.8. The average molecular weight is 458 g/mol. The van der Waals surface area contributed by atoms with E-state index >= 15 is 0 Å². The van der Waals surface area contributed by atoms with E-state index in [1.165, 1.54) is 16.6 Å². The van der Waals surface area contributed by atoms with E-state index < -0.39 is 0 Å². The highest BCUT2D eigenvalue weighted by Crippen LogP contribution is 2.35. The zero-order chi connectivity index (χ0) is 23.2. The molecule has 170 valence electrons. The first kappa shape index (κ1) is 20.1. The van der Waals surface area contributed by atoms with Gasteiger partial charge in [-0.2, -0.15) is 5.10 Å². The summed E-state index contributed by atoms with van der Waals surface area (Å²) in [7, 11) is 0. The molecular weight excluding hydrogens is 434 g/mol. The predicted molar refractivity (Wildman–Crippen MR) is 135 cm³/mol. The molecule has 0 unspecified atom stereocenters. The van der Waals surface area contributed by atoms with Crippen molar-refractivity contribution in [2.45, 2.75) is 19.0 Å². The number of aromatic amines is 1. The van der Waals surface area contributed by atoms with Crippen LogP contribution in [0, 0.1) is 0 Å². The lowest BCUT2D eigenvalue weighted by Crippen LogP contribution is -2.36. The number of imidazole rings is 1. The Balaban J connectivity index is 1.26. The van der Waals surface area contributed by atoms with E-state index in [0.717, 1.165) is 52.9 Å². The fraction of sp³-hybridized carbons (Fsp3) is 0.143. The van der Waals surface area contributed by atoms with Crippen LogP contribution in [0.4, 0.5) is 0 Å². The summed E-state index contributed by atoms with van der Waals surface area (Å²) >= 11 is 0. The maximum atomic E-state index is 4.87. The fourth-order valence-electron chi connectivity index (χ4n) is 5.17. The molecule has 1 aromatic carbocycles. The molecule has 0 amide bonds. The molecule has 7 rings (SSSR count). The van der Waals surface area contributed by atoms with Gasteiger partial charge in [0.15, 0.2) is 0 Å². The van der Waals surface area contributed by atoms with Crippen molar-refractivity contribution < 1.29 is 0 Å². The van der Waals surface area contributed by atoms with Crippen molar-refractivity contribution in [1.29, 1.82) is 0 Å². The number of fused-ring (bicyclic) bond motifs is 3. The van der Waals surface area contributed by atoms with Gasteiger partial charge in [-0.15, -0.1) is 0 Å². The van der Waals surface area contributed by atoms with Crippen LogP contribution in [-0.4, -0.2) is 41.0 Å². The fourth-order valence-corrected chi connectivity index (χ4v) is 5.17. The number of hydrogen-bond donors (Lipinski definition) is 1. The van der Waals surface area contributed by atoms with Crippen LogP contribution in [0.1, 0.15) is 28.7 Å². The van der Waals surface area contributed by atoms with Crippen LogP contribution in [0.5, 0.6) is 0 Å².